The Morgan fingerprint density at radius 3 is 2.06 bits per heavy atom. The summed E-state index contributed by atoms with van der Waals surface area (Å²) in [6.07, 6.45) is 0. The largest absolute Gasteiger partial charge is 0.299 e. The summed E-state index contributed by atoms with van der Waals surface area (Å²) in [5.74, 6) is 0. The number of nitro benzene ring substituents is 2. The normalized spacial score (nSPS) is 9.71. The molecule has 0 atom stereocenters. The number of hydrazine groups is 1. The van der Waals surface area contributed by atoms with E-state index in [4.69, 9.17) is 0 Å². The van der Waals surface area contributed by atoms with Crippen LogP contribution in [0.3, 0.4) is 0 Å². The summed E-state index contributed by atoms with van der Waals surface area (Å²) >= 11 is 0. The Labute approximate surface area is 93.5 Å². The standard InChI is InChI=1S/C7H6N4O6/c1-8(11(16)17)7-4-5(9(12)13)2-3-6(7)10(14)15/h2-4H,1H3. The Hall–Kier alpha value is -2.78. The van der Waals surface area contributed by atoms with Crippen molar-refractivity contribution in [3.63, 3.8) is 0 Å². The Balaban J connectivity index is 3.40. The molecular weight excluding hydrogens is 236 g/mol. The van der Waals surface area contributed by atoms with Crippen LogP contribution in [0.25, 0.3) is 0 Å². The molecule has 1 aromatic carbocycles. The molecule has 0 heterocycles. The molecule has 0 aliphatic heterocycles. The minimum Gasteiger partial charge on any atom is -0.258 e. The van der Waals surface area contributed by atoms with Crippen LogP contribution in [0.5, 0.6) is 0 Å². The van der Waals surface area contributed by atoms with Crippen molar-refractivity contribution < 1.29 is 14.9 Å². The molecule has 10 heteroatoms. The van der Waals surface area contributed by atoms with Crippen LogP contribution in [0, 0.1) is 30.3 Å². The summed E-state index contributed by atoms with van der Waals surface area (Å²) < 4.78 is 0. The van der Waals surface area contributed by atoms with Gasteiger partial charge in [-0.15, -0.1) is 0 Å². The first-order valence-electron chi connectivity index (χ1n) is 4.15. The maximum atomic E-state index is 10.6. The first kappa shape index (κ1) is 12.3. The van der Waals surface area contributed by atoms with Gasteiger partial charge >= 0.3 is 0 Å². The number of hydrogen-bond donors (Lipinski definition) is 0. The summed E-state index contributed by atoms with van der Waals surface area (Å²) in [5.41, 5.74) is -1.48. The maximum absolute atomic E-state index is 10.6. The SMILES string of the molecule is CN(c1cc([N+](=O)[O-])ccc1[N+](=O)[O-])[N+](=O)[O-]. The second-order valence-corrected chi connectivity index (χ2v) is 2.95. The Morgan fingerprint density at radius 1 is 1.06 bits per heavy atom. The zero-order valence-corrected chi connectivity index (χ0v) is 8.47. The predicted molar refractivity (Wildman–Crippen MR) is 55.1 cm³/mol. The first-order valence-corrected chi connectivity index (χ1v) is 4.15. The van der Waals surface area contributed by atoms with E-state index in [9.17, 15) is 30.3 Å². The van der Waals surface area contributed by atoms with Crippen molar-refractivity contribution in [2.24, 2.45) is 0 Å². The minimum absolute atomic E-state index is 0.352. The number of non-ortho nitro benzene ring substituents is 1. The quantitative estimate of drug-likeness (QED) is 0.570. The third-order valence-corrected chi connectivity index (χ3v) is 1.96. The van der Waals surface area contributed by atoms with Crippen molar-refractivity contribution in [1.29, 1.82) is 0 Å². The van der Waals surface area contributed by atoms with Gasteiger partial charge in [0.25, 0.3) is 11.4 Å². The molecule has 0 saturated carbocycles. The van der Waals surface area contributed by atoms with Crippen molar-refractivity contribution in [3.8, 4) is 0 Å². The monoisotopic (exact) mass is 242 g/mol. The van der Waals surface area contributed by atoms with E-state index in [1.165, 1.54) is 0 Å². The fraction of sp³-hybridized carbons (Fsp3) is 0.143. The highest BCUT2D eigenvalue weighted by atomic mass is 16.7. The van der Waals surface area contributed by atoms with Gasteiger partial charge in [-0.2, -0.15) is 0 Å². The summed E-state index contributed by atoms with van der Waals surface area (Å²) in [5, 5.41) is 31.0. The van der Waals surface area contributed by atoms with Gasteiger partial charge in [0.05, 0.1) is 23.0 Å². The van der Waals surface area contributed by atoms with Crippen molar-refractivity contribution >= 4 is 17.1 Å². The van der Waals surface area contributed by atoms with Crippen LogP contribution in [-0.2, 0) is 0 Å². The van der Waals surface area contributed by atoms with Crippen molar-refractivity contribution in [3.05, 3.63) is 48.5 Å². The molecule has 0 bridgehead atoms. The fourth-order valence-electron chi connectivity index (χ4n) is 1.13. The van der Waals surface area contributed by atoms with Gasteiger partial charge in [0.1, 0.15) is 0 Å². The molecule has 0 saturated heterocycles. The molecule has 0 spiro atoms. The Bertz CT molecular complexity index is 501. The molecule has 0 unspecified atom stereocenters. The molecule has 1 aromatic rings. The maximum Gasteiger partial charge on any atom is 0.299 e. The van der Waals surface area contributed by atoms with Crippen molar-refractivity contribution in [2.75, 3.05) is 12.1 Å². The van der Waals surface area contributed by atoms with E-state index >= 15 is 0 Å². The predicted octanol–water partition coefficient (Wildman–Crippen LogP) is 1.13. The van der Waals surface area contributed by atoms with Gasteiger partial charge in [-0.1, -0.05) is 5.01 Å². The van der Waals surface area contributed by atoms with Crippen LogP contribution >= 0.6 is 0 Å². The van der Waals surface area contributed by atoms with Gasteiger partial charge in [0.15, 0.2) is 10.7 Å². The molecule has 1 rings (SSSR count). The molecule has 0 aromatic heterocycles. The summed E-state index contributed by atoms with van der Waals surface area (Å²) in [4.78, 5) is 29.9. The summed E-state index contributed by atoms with van der Waals surface area (Å²) in [6.45, 7) is 0. The van der Waals surface area contributed by atoms with Gasteiger partial charge in [-0.25, -0.2) is 10.1 Å². The van der Waals surface area contributed by atoms with E-state index in [-0.39, 0.29) is 0 Å². The molecule has 0 amide bonds. The smallest absolute Gasteiger partial charge is 0.258 e. The lowest BCUT2D eigenvalue weighted by Crippen LogP contribution is -2.25. The van der Waals surface area contributed by atoms with Crippen molar-refractivity contribution in [2.45, 2.75) is 0 Å². The van der Waals surface area contributed by atoms with Gasteiger partial charge in [-0.05, 0) is 0 Å². The van der Waals surface area contributed by atoms with Gasteiger partial charge < -0.3 is 0 Å². The number of hydrogen-bond acceptors (Lipinski definition) is 6. The minimum atomic E-state index is -0.911. The molecule has 0 aliphatic rings. The average Bonchev–Trinajstić information content (AvgIpc) is 2.26. The van der Waals surface area contributed by atoms with Gasteiger partial charge in [0, 0.05) is 12.1 Å². The molecule has 0 aliphatic carbocycles. The molecule has 17 heavy (non-hydrogen) atoms. The van der Waals surface area contributed by atoms with Crippen LogP contribution < -0.4 is 5.01 Å². The number of nitrogens with zero attached hydrogens (tertiary/aromatic N) is 4. The third kappa shape index (κ3) is 2.42. The third-order valence-electron chi connectivity index (χ3n) is 1.96. The van der Waals surface area contributed by atoms with Crippen LogP contribution in [0.15, 0.2) is 18.2 Å². The Morgan fingerprint density at radius 2 is 1.65 bits per heavy atom. The van der Waals surface area contributed by atoms with Gasteiger partial charge in [-0.3, -0.25) is 20.2 Å². The molecule has 10 nitrogen and oxygen atoms in total. The van der Waals surface area contributed by atoms with Crippen molar-refractivity contribution in [1.82, 2.24) is 0 Å². The summed E-state index contributed by atoms with van der Waals surface area (Å²) in [6, 6.07) is 2.55. The second-order valence-electron chi connectivity index (χ2n) is 2.95. The first-order chi connectivity index (χ1) is 7.84. The van der Waals surface area contributed by atoms with Crippen LogP contribution in [0.4, 0.5) is 17.1 Å². The van der Waals surface area contributed by atoms with Crippen LogP contribution in [0.1, 0.15) is 0 Å². The van der Waals surface area contributed by atoms with E-state index in [0.717, 1.165) is 25.2 Å². The Kier molecular flexibility index (Phi) is 3.17. The highest BCUT2D eigenvalue weighted by Crippen LogP contribution is 2.31. The average molecular weight is 242 g/mol. The lowest BCUT2D eigenvalue weighted by Gasteiger charge is -2.07. The lowest BCUT2D eigenvalue weighted by molar-refractivity contribution is -0.491. The van der Waals surface area contributed by atoms with E-state index in [1.807, 2.05) is 0 Å². The molecule has 90 valence electrons. The zero-order valence-electron chi connectivity index (χ0n) is 8.47. The number of benzene rings is 1. The molecule has 0 fully saturated rings. The molecule has 0 N–H and O–H groups in total. The topological polar surface area (TPSA) is 133 Å². The van der Waals surface area contributed by atoms with Crippen LogP contribution in [-0.4, -0.2) is 21.9 Å². The highest BCUT2D eigenvalue weighted by molar-refractivity contribution is 5.65. The summed E-state index contributed by atoms with van der Waals surface area (Å²) in [7, 11) is 0.964. The zero-order chi connectivity index (χ0) is 13.2. The fourth-order valence-corrected chi connectivity index (χ4v) is 1.13. The number of nitro groups is 3. The second kappa shape index (κ2) is 4.38. The van der Waals surface area contributed by atoms with Gasteiger partial charge in [0.2, 0.25) is 0 Å². The van der Waals surface area contributed by atoms with Crippen LogP contribution in [0.2, 0.25) is 0 Å². The van der Waals surface area contributed by atoms with E-state index in [2.05, 4.69) is 0 Å². The lowest BCUT2D eigenvalue weighted by atomic mass is 10.2. The van der Waals surface area contributed by atoms with E-state index in [0.29, 0.717) is 5.01 Å². The van der Waals surface area contributed by atoms with E-state index in [1.54, 1.807) is 0 Å². The highest BCUT2D eigenvalue weighted by Gasteiger charge is 2.26. The molecule has 0 radical (unpaired) electrons. The number of anilines is 1. The van der Waals surface area contributed by atoms with E-state index < -0.39 is 31.9 Å². The molecular formula is C7H6N4O6. The number of rotatable bonds is 4.